The number of hydrogen-bond donors (Lipinski definition) is 0. The molecule has 0 aliphatic rings. The fourth-order valence-electron chi connectivity index (χ4n) is 22.8. The fraction of sp³-hybridized carbons (Fsp3) is 1.00. The molecule has 3 atom stereocenters. The largest absolute Gasteiger partial charge is 0.0654 e. The minimum atomic E-state index is 0.528. The van der Waals surface area contributed by atoms with E-state index in [1.54, 1.807) is 44.9 Å². The van der Waals surface area contributed by atoms with Crippen LogP contribution in [0.15, 0.2) is 0 Å². The van der Waals surface area contributed by atoms with Gasteiger partial charge in [0, 0.05) is 0 Å². The molecule has 0 heteroatoms. The molecular formula is C124H250. The van der Waals surface area contributed by atoms with Crippen molar-refractivity contribution in [3.8, 4) is 0 Å². The maximum atomic E-state index is 2.85. The molecule has 0 aliphatic carbocycles. The van der Waals surface area contributed by atoms with Crippen LogP contribution in [0, 0.1) is 23.2 Å². The maximum Gasteiger partial charge on any atom is -0.0264 e. The summed E-state index contributed by atoms with van der Waals surface area (Å²) in [6.07, 6.45) is 169. The highest BCUT2D eigenvalue weighted by Crippen LogP contribution is 2.52. The van der Waals surface area contributed by atoms with Crippen LogP contribution in [0.25, 0.3) is 0 Å². The van der Waals surface area contributed by atoms with E-state index in [-0.39, 0.29) is 0 Å². The molecule has 0 spiro atoms. The van der Waals surface area contributed by atoms with Crippen LogP contribution in [-0.2, 0) is 0 Å². The van der Waals surface area contributed by atoms with Crippen molar-refractivity contribution in [2.75, 3.05) is 0 Å². The van der Waals surface area contributed by atoms with Crippen molar-refractivity contribution in [2.24, 2.45) is 23.2 Å². The summed E-state index contributed by atoms with van der Waals surface area (Å²) in [5.41, 5.74) is 0.528. The molecule has 0 nitrogen and oxygen atoms in total. The zero-order valence-electron chi connectivity index (χ0n) is 89.1. The van der Waals surface area contributed by atoms with Crippen molar-refractivity contribution in [2.45, 2.75) is 774 Å². The van der Waals surface area contributed by atoms with E-state index in [2.05, 4.69) is 48.5 Å². The Morgan fingerprint density at radius 2 is 0.242 bits per heavy atom. The van der Waals surface area contributed by atoms with Gasteiger partial charge in [-0.2, -0.15) is 0 Å². The third kappa shape index (κ3) is 99.5. The Morgan fingerprint density at radius 3 is 0.395 bits per heavy atom. The van der Waals surface area contributed by atoms with Crippen molar-refractivity contribution >= 4 is 0 Å². The molecule has 746 valence electrons. The van der Waals surface area contributed by atoms with Gasteiger partial charge < -0.3 is 0 Å². The second-order valence-corrected chi connectivity index (χ2v) is 44.1. The van der Waals surface area contributed by atoms with Gasteiger partial charge in [-0.15, -0.1) is 0 Å². The smallest absolute Gasteiger partial charge is 0.0264 e. The summed E-state index contributed by atoms with van der Waals surface area (Å²) in [5, 5.41) is 0. The Labute approximate surface area is 792 Å². The molecule has 3 unspecified atom stereocenters. The number of hydrogen-bond acceptors (Lipinski definition) is 0. The fourth-order valence-corrected chi connectivity index (χ4v) is 22.8. The van der Waals surface area contributed by atoms with Gasteiger partial charge in [0.25, 0.3) is 0 Å². The maximum absolute atomic E-state index is 2.85. The van der Waals surface area contributed by atoms with Crippen LogP contribution in [-0.4, -0.2) is 0 Å². The van der Waals surface area contributed by atoms with Crippen molar-refractivity contribution in [1.29, 1.82) is 0 Å². The van der Waals surface area contributed by atoms with E-state index >= 15 is 0 Å². The monoisotopic (exact) mass is 1740 g/mol. The summed E-state index contributed by atoms with van der Waals surface area (Å²) in [6, 6.07) is 0. The lowest BCUT2D eigenvalue weighted by Gasteiger charge is -2.46. The average Bonchev–Trinajstić information content (AvgIpc) is 0.806. The van der Waals surface area contributed by atoms with Crippen LogP contribution in [0.5, 0.6) is 0 Å². The van der Waals surface area contributed by atoms with Gasteiger partial charge in [0.1, 0.15) is 0 Å². The summed E-state index contributed by atoms with van der Waals surface area (Å²) < 4.78 is 0. The SMILES string of the molecule is CCCCCCCCCCCCCCCCCCCCC(CCCCCCCCCCCCCCCCCCCC)CC(CCCCCCCCCCCCCCCCCCCC)(CC(C)CCCCCCCCCCCCCCCCCC)C(CCCCCCCCCCCCCCCCCCC)CCCCCCCCCCCCCCCCCCCC. The Hall–Kier alpha value is 0. The molecule has 0 heterocycles. The highest BCUT2D eigenvalue weighted by Gasteiger charge is 2.40. The predicted molar refractivity (Wildman–Crippen MR) is 574 cm³/mol. The summed E-state index contributed by atoms with van der Waals surface area (Å²) >= 11 is 0. The van der Waals surface area contributed by atoms with Gasteiger partial charge in [-0.05, 0) is 55.3 Å². The molecule has 0 bridgehead atoms. The van der Waals surface area contributed by atoms with Crippen LogP contribution >= 0.6 is 0 Å². The zero-order chi connectivity index (χ0) is 89.1. The van der Waals surface area contributed by atoms with E-state index in [0.29, 0.717) is 5.41 Å². The van der Waals surface area contributed by atoms with Crippen molar-refractivity contribution in [1.82, 2.24) is 0 Å². The van der Waals surface area contributed by atoms with Gasteiger partial charge in [0.2, 0.25) is 0 Å². The van der Waals surface area contributed by atoms with Crippen molar-refractivity contribution in [3.63, 3.8) is 0 Å². The number of rotatable bonds is 116. The van der Waals surface area contributed by atoms with E-state index < -0.39 is 0 Å². The number of unbranched alkanes of at least 4 members (excludes halogenated alkanes) is 99. The van der Waals surface area contributed by atoms with E-state index in [1.807, 2.05) is 0 Å². The Morgan fingerprint density at radius 1 is 0.121 bits per heavy atom. The third-order valence-corrected chi connectivity index (χ3v) is 31.4. The van der Waals surface area contributed by atoms with Gasteiger partial charge in [-0.3, -0.25) is 0 Å². The molecule has 0 N–H and O–H groups in total. The molecule has 0 rings (SSSR count). The minimum Gasteiger partial charge on any atom is -0.0654 e. The van der Waals surface area contributed by atoms with Crippen LogP contribution in [0.3, 0.4) is 0 Å². The molecule has 0 aromatic rings. The second kappa shape index (κ2) is 112. The second-order valence-electron chi connectivity index (χ2n) is 44.1. The zero-order valence-corrected chi connectivity index (χ0v) is 89.1. The van der Waals surface area contributed by atoms with Crippen molar-refractivity contribution in [3.05, 3.63) is 0 Å². The van der Waals surface area contributed by atoms with E-state index in [4.69, 9.17) is 0 Å². The highest BCUT2D eigenvalue weighted by molar-refractivity contribution is 4.91. The van der Waals surface area contributed by atoms with Gasteiger partial charge in [0.15, 0.2) is 0 Å². The summed E-state index contributed by atoms with van der Waals surface area (Å²) in [4.78, 5) is 0. The molecular weight excluding hydrogens is 1490 g/mol. The van der Waals surface area contributed by atoms with Crippen LogP contribution in [0.1, 0.15) is 774 Å². The van der Waals surface area contributed by atoms with Gasteiger partial charge in [-0.25, -0.2) is 0 Å². The summed E-state index contributed by atoms with van der Waals surface area (Å²) in [6.45, 7) is 17.0. The van der Waals surface area contributed by atoms with Gasteiger partial charge in [-0.1, -0.05) is 742 Å². The molecule has 0 saturated heterocycles. The lowest BCUT2D eigenvalue weighted by molar-refractivity contribution is 0.0447. The molecule has 0 aliphatic heterocycles. The molecule has 0 amide bonds. The molecule has 0 radical (unpaired) electrons. The topological polar surface area (TPSA) is 0 Å². The van der Waals surface area contributed by atoms with E-state index in [0.717, 1.165) is 17.8 Å². The standard InChI is InChI=1S/C124H250/c1-8-14-20-26-32-38-44-50-56-62-67-72-78-84-90-96-102-108-114-122(115-109-103-97-91-85-79-73-68-63-57-51-45-39-33-27-21-15-9-2)120-124(118-112-106-100-94-88-82-76-70-65-59-53-47-41-35-29-23-17-11-4,119-121(7)113-107-101-95-89-83-77-71-61-55-49-43-37-31-25-19-13-6)123(116-110-104-98-92-86-80-74-66-60-54-48-42-36-30-24-18-12-5)117-111-105-99-93-87-81-75-69-64-58-52-46-40-34-28-22-16-10-3/h121-123H,8-120H2,1-7H3. The molecule has 0 aromatic heterocycles. The van der Waals surface area contributed by atoms with Gasteiger partial charge >= 0.3 is 0 Å². The first kappa shape index (κ1) is 124. The molecule has 0 fully saturated rings. The van der Waals surface area contributed by atoms with E-state index in [1.165, 1.54) is 681 Å². The Balaban J connectivity index is 6.95. The molecule has 0 aromatic carbocycles. The first-order valence-electron chi connectivity index (χ1n) is 61.5. The Bertz CT molecular complexity index is 1750. The average molecular weight is 1740 g/mol. The van der Waals surface area contributed by atoms with Gasteiger partial charge in [0.05, 0.1) is 0 Å². The highest BCUT2D eigenvalue weighted by atomic mass is 14.5. The normalized spacial score (nSPS) is 13.0. The van der Waals surface area contributed by atoms with Crippen LogP contribution < -0.4 is 0 Å². The van der Waals surface area contributed by atoms with Crippen LogP contribution in [0.4, 0.5) is 0 Å². The van der Waals surface area contributed by atoms with E-state index in [9.17, 15) is 0 Å². The molecule has 0 saturated carbocycles. The first-order valence-corrected chi connectivity index (χ1v) is 61.5. The molecule has 124 heavy (non-hydrogen) atoms. The van der Waals surface area contributed by atoms with Crippen molar-refractivity contribution < 1.29 is 0 Å². The predicted octanol–water partition coefficient (Wildman–Crippen LogP) is 48.0. The first-order chi connectivity index (χ1) is 61.5. The quantitative estimate of drug-likeness (QED) is 0.0533. The summed E-state index contributed by atoms with van der Waals surface area (Å²) in [7, 11) is 0. The lowest BCUT2D eigenvalue weighted by atomic mass is 9.59. The Kier molecular flexibility index (Phi) is 112. The van der Waals surface area contributed by atoms with Crippen LogP contribution in [0.2, 0.25) is 0 Å². The lowest BCUT2D eigenvalue weighted by Crippen LogP contribution is -2.35. The summed E-state index contributed by atoms with van der Waals surface area (Å²) in [5.74, 6) is 2.75. The minimum absolute atomic E-state index is 0.528. The third-order valence-electron chi connectivity index (χ3n) is 31.4.